The van der Waals surface area contributed by atoms with Crippen LogP contribution < -0.4 is 5.73 Å². The van der Waals surface area contributed by atoms with Crippen molar-refractivity contribution in [1.29, 1.82) is 0 Å². The third-order valence-corrected chi connectivity index (χ3v) is 6.69. The molecular formula is C16H23NOS2. The predicted molar refractivity (Wildman–Crippen MR) is 88.5 cm³/mol. The van der Waals surface area contributed by atoms with Crippen molar-refractivity contribution in [2.75, 3.05) is 18.1 Å². The van der Waals surface area contributed by atoms with E-state index >= 15 is 0 Å². The highest BCUT2D eigenvalue weighted by atomic mass is 32.2. The summed E-state index contributed by atoms with van der Waals surface area (Å²) in [6, 6.07) is 8.82. The molecule has 20 heavy (non-hydrogen) atoms. The van der Waals surface area contributed by atoms with Gasteiger partial charge in [0.1, 0.15) is 0 Å². The lowest BCUT2D eigenvalue weighted by molar-refractivity contribution is -0.0562. The van der Waals surface area contributed by atoms with E-state index < -0.39 is 0 Å². The molecule has 3 atom stereocenters. The van der Waals surface area contributed by atoms with E-state index in [1.54, 1.807) is 0 Å². The van der Waals surface area contributed by atoms with Crippen LogP contribution in [0.3, 0.4) is 0 Å². The van der Waals surface area contributed by atoms with Crippen molar-refractivity contribution < 1.29 is 4.74 Å². The third kappa shape index (κ3) is 3.35. The van der Waals surface area contributed by atoms with Gasteiger partial charge in [-0.2, -0.15) is 11.8 Å². The fraction of sp³-hybridized carbons (Fsp3) is 0.625. The summed E-state index contributed by atoms with van der Waals surface area (Å²) in [6.07, 6.45) is 3.60. The molecule has 3 unspecified atom stereocenters. The zero-order valence-corrected chi connectivity index (χ0v) is 13.6. The summed E-state index contributed by atoms with van der Waals surface area (Å²) < 4.78 is 6.10. The summed E-state index contributed by atoms with van der Waals surface area (Å²) in [6.45, 7) is 2.97. The van der Waals surface area contributed by atoms with Gasteiger partial charge in [0.25, 0.3) is 0 Å². The Kier molecular flexibility index (Phi) is 4.65. The Labute approximate surface area is 130 Å². The molecule has 2 saturated heterocycles. The number of ether oxygens (including phenoxy) is 1. The molecule has 0 saturated carbocycles. The average Bonchev–Trinajstić information content (AvgIpc) is 2.87. The monoisotopic (exact) mass is 309 g/mol. The van der Waals surface area contributed by atoms with Crippen molar-refractivity contribution in [1.82, 2.24) is 0 Å². The Hall–Kier alpha value is -0.160. The summed E-state index contributed by atoms with van der Waals surface area (Å²) in [5, 5.41) is 0.686. The van der Waals surface area contributed by atoms with Gasteiger partial charge in [-0.05, 0) is 49.6 Å². The second-order valence-electron chi connectivity index (χ2n) is 5.93. The molecule has 2 fully saturated rings. The number of rotatable bonds is 3. The summed E-state index contributed by atoms with van der Waals surface area (Å²) in [5.41, 5.74) is 7.39. The van der Waals surface area contributed by atoms with E-state index in [4.69, 9.17) is 10.5 Å². The first-order valence-electron chi connectivity index (χ1n) is 7.41. The summed E-state index contributed by atoms with van der Waals surface area (Å²) in [4.78, 5) is 1.35. The highest BCUT2D eigenvalue weighted by molar-refractivity contribution is 8.00. The quantitative estimate of drug-likeness (QED) is 0.920. The van der Waals surface area contributed by atoms with Crippen LogP contribution in [0, 0.1) is 0 Å². The van der Waals surface area contributed by atoms with Crippen LogP contribution >= 0.6 is 23.5 Å². The van der Waals surface area contributed by atoms with Crippen LogP contribution in [0.5, 0.6) is 0 Å². The van der Waals surface area contributed by atoms with Crippen LogP contribution in [0.15, 0.2) is 29.2 Å². The summed E-state index contributed by atoms with van der Waals surface area (Å²) in [5.74, 6) is 2.45. The predicted octanol–water partition coefficient (Wildman–Crippen LogP) is 3.85. The van der Waals surface area contributed by atoms with Crippen LogP contribution in [0.2, 0.25) is 0 Å². The Balaban J connectivity index is 1.66. The molecule has 2 heterocycles. The van der Waals surface area contributed by atoms with Crippen LogP contribution in [-0.4, -0.2) is 29.0 Å². The molecule has 4 heteroatoms. The number of hydrogen-bond acceptors (Lipinski definition) is 4. The lowest BCUT2D eigenvalue weighted by Gasteiger charge is -2.37. The van der Waals surface area contributed by atoms with Crippen LogP contribution in [0.25, 0.3) is 0 Å². The van der Waals surface area contributed by atoms with Crippen molar-refractivity contribution in [3.05, 3.63) is 29.8 Å². The maximum atomic E-state index is 6.10. The van der Waals surface area contributed by atoms with Gasteiger partial charge in [0.05, 0.1) is 5.60 Å². The van der Waals surface area contributed by atoms with Gasteiger partial charge in [0, 0.05) is 28.5 Å². The maximum absolute atomic E-state index is 6.10. The number of benzene rings is 1. The van der Waals surface area contributed by atoms with Crippen LogP contribution in [-0.2, 0) is 4.74 Å². The van der Waals surface area contributed by atoms with E-state index in [1.807, 2.05) is 30.4 Å². The Morgan fingerprint density at radius 3 is 3.15 bits per heavy atom. The first-order valence-corrected chi connectivity index (χ1v) is 9.44. The van der Waals surface area contributed by atoms with E-state index in [9.17, 15) is 0 Å². The van der Waals surface area contributed by atoms with Crippen molar-refractivity contribution in [2.24, 2.45) is 5.73 Å². The molecule has 2 N–H and O–H groups in total. The van der Waals surface area contributed by atoms with Gasteiger partial charge in [-0.25, -0.2) is 0 Å². The summed E-state index contributed by atoms with van der Waals surface area (Å²) in [7, 11) is 0. The molecule has 1 aromatic carbocycles. The SMILES string of the molecule is CC(N)c1cccc(SC2CCOC3(CCSC3)C2)c1. The first kappa shape index (κ1) is 14.8. The van der Waals surface area contributed by atoms with E-state index in [0.29, 0.717) is 5.25 Å². The Morgan fingerprint density at radius 1 is 1.50 bits per heavy atom. The fourth-order valence-electron chi connectivity index (χ4n) is 3.01. The second-order valence-corrected chi connectivity index (χ2v) is 8.41. The van der Waals surface area contributed by atoms with Gasteiger partial charge in [-0.1, -0.05) is 12.1 Å². The Bertz CT molecular complexity index is 458. The zero-order chi connectivity index (χ0) is 14.0. The minimum Gasteiger partial charge on any atom is -0.374 e. The molecule has 1 spiro atoms. The van der Waals surface area contributed by atoms with E-state index in [-0.39, 0.29) is 11.6 Å². The molecule has 0 aliphatic carbocycles. The molecule has 1 aromatic rings. The molecule has 0 amide bonds. The van der Waals surface area contributed by atoms with Crippen LogP contribution in [0.4, 0.5) is 0 Å². The maximum Gasteiger partial charge on any atom is 0.0791 e. The minimum absolute atomic E-state index is 0.114. The fourth-order valence-corrected chi connectivity index (χ4v) is 5.74. The van der Waals surface area contributed by atoms with Gasteiger partial charge in [0.15, 0.2) is 0 Å². The topological polar surface area (TPSA) is 35.2 Å². The Morgan fingerprint density at radius 2 is 2.40 bits per heavy atom. The highest BCUT2D eigenvalue weighted by Gasteiger charge is 2.40. The molecule has 2 aliphatic heterocycles. The van der Waals surface area contributed by atoms with E-state index in [1.165, 1.54) is 41.2 Å². The number of thioether (sulfide) groups is 2. The zero-order valence-electron chi connectivity index (χ0n) is 12.0. The lowest BCUT2D eigenvalue weighted by atomic mass is 9.93. The molecule has 110 valence electrons. The van der Waals surface area contributed by atoms with E-state index in [2.05, 4.69) is 24.3 Å². The normalized spacial score (nSPS) is 31.6. The first-order chi connectivity index (χ1) is 9.67. The summed E-state index contributed by atoms with van der Waals surface area (Å²) >= 11 is 4.06. The van der Waals surface area contributed by atoms with Crippen molar-refractivity contribution in [2.45, 2.75) is 48.0 Å². The average molecular weight is 310 g/mol. The molecule has 0 aromatic heterocycles. The minimum atomic E-state index is 0.114. The molecule has 3 rings (SSSR count). The highest BCUT2D eigenvalue weighted by Crippen LogP contribution is 2.43. The van der Waals surface area contributed by atoms with Crippen molar-refractivity contribution in [3.8, 4) is 0 Å². The number of hydrogen-bond donors (Lipinski definition) is 1. The number of nitrogens with two attached hydrogens (primary N) is 1. The second kappa shape index (κ2) is 6.30. The smallest absolute Gasteiger partial charge is 0.0791 e. The molecule has 2 nitrogen and oxygen atoms in total. The van der Waals surface area contributed by atoms with Crippen molar-refractivity contribution in [3.63, 3.8) is 0 Å². The molecular weight excluding hydrogens is 286 g/mol. The molecule has 0 radical (unpaired) electrons. The molecule has 0 bridgehead atoms. The van der Waals surface area contributed by atoms with Gasteiger partial charge in [-0.3, -0.25) is 0 Å². The van der Waals surface area contributed by atoms with E-state index in [0.717, 1.165) is 6.61 Å². The lowest BCUT2D eigenvalue weighted by Crippen LogP contribution is -2.40. The van der Waals surface area contributed by atoms with Crippen LogP contribution in [0.1, 0.15) is 37.8 Å². The van der Waals surface area contributed by atoms with Gasteiger partial charge in [0.2, 0.25) is 0 Å². The van der Waals surface area contributed by atoms with Gasteiger partial charge < -0.3 is 10.5 Å². The third-order valence-electron chi connectivity index (χ3n) is 4.20. The largest absolute Gasteiger partial charge is 0.374 e. The van der Waals surface area contributed by atoms with Gasteiger partial charge >= 0.3 is 0 Å². The van der Waals surface area contributed by atoms with Crippen molar-refractivity contribution >= 4 is 23.5 Å². The standard InChI is InChI=1S/C16H23NOS2/c1-12(17)13-3-2-4-14(9-13)20-15-5-7-18-16(10-15)6-8-19-11-16/h2-4,9,12,15H,5-8,10-11,17H2,1H3. The molecule has 2 aliphatic rings. The van der Waals surface area contributed by atoms with Gasteiger partial charge in [-0.15, -0.1) is 11.8 Å².